The monoisotopic (exact) mass is 320 g/mol. The van der Waals surface area contributed by atoms with Gasteiger partial charge in [0.05, 0.1) is 32.0 Å². The van der Waals surface area contributed by atoms with Crippen molar-refractivity contribution >= 4 is 18.8 Å². The van der Waals surface area contributed by atoms with Gasteiger partial charge in [-0.25, -0.2) is 14.4 Å². The first-order valence-electron chi connectivity index (χ1n) is 6.01. The molecule has 0 amide bonds. The van der Waals surface area contributed by atoms with Crippen LogP contribution < -0.4 is 5.56 Å². The summed E-state index contributed by atoms with van der Waals surface area (Å²) < 4.78 is 30.1. The zero-order valence-electron chi connectivity index (χ0n) is 10.8. The van der Waals surface area contributed by atoms with Gasteiger partial charge in [-0.15, -0.1) is 0 Å². The molecule has 1 atom stereocenters. The minimum Gasteiger partial charge on any atom is -0.373 e. The maximum Gasteiger partial charge on any atom is 0.327 e. The summed E-state index contributed by atoms with van der Waals surface area (Å²) in [6.07, 6.45) is 1.16. The Hall–Kier alpha value is -1.61. The van der Waals surface area contributed by atoms with Crippen LogP contribution in [0.15, 0.2) is 17.4 Å². The van der Waals surface area contributed by atoms with E-state index in [2.05, 4.69) is 15.0 Å². The average Bonchev–Trinajstić information content (AvgIpc) is 2.81. The summed E-state index contributed by atoms with van der Waals surface area (Å²) in [5.41, 5.74) is 0.0130. The number of fused-ring (bicyclic) bond motifs is 1. The van der Waals surface area contributed by atoms with E-state index in [9.17, 15) is 13.8 Å². The fourth-order valence-corrected chi connectivity index (χ4v) is 2.07. The molecule has 21 heavy (non-hydrogen) atoms. The fourth-order valence-electron chi connectivity index (χ4n) is 1.73. The van der Waals surface area contributed by atoms with Crippen molar-refractivity contribution in [3.8, 4) is 0 Å². The van der Waals surface area contributed by atoms with Crippen LogP contribution in [-0.2, 0) is 15.8 Å². The molecule has 0 radical (unpaired) electrons. The van der Waals surface area contributed by atoms with E-state index in [-0.39, 0.29) is 24.3 Å². The van der Waals surface area contributed by atoms with E-state index < -0.39 is 32.1 Å². The summed E-state index contributed by atoms with van der Waals surface area (Å²) in [5.74, 6) is 0. The topological polar surface area (TPSA) is 130 Å². The number of hydrogen-bond acceptors (Lipinski definition) is 5. The lowest BCUT2D eigenvalue weighted by Crippen LogP contribution is -2.24. The first-order chi connectivity index (χ1) is 9.90. The molecule has 0 aliphatic rings. The smallest absolute Gasteiger partial charge is 0.327 e. The highest BCUT2D eigenvalue weighted by Gasteiger charge is 2.17. The number of nitrogens with one attached hydrogen (secondary N) is 1. The van der Waals surface area contributed by atoms with E-state index in [0.717, 1.165) is 0 Å². The summed E-state index contributed by atoms with van der Waals surface area (Å²) in [5, 5.41) is 0. The first-order valence-corrected chi connectivity index (χ1v) is 7.81. The van der Waals surface area contributed by atoms with Gasteiger partial charge in [-0.05, 0) is 0 Å². The van der Waals surface area contributed by atoms with Gasteiger partial charge in [-0.3, -0.25) is 9.36 Å². The Morgan fingerprint density at radius 2 is 2.24 bits per heavy atom. The molecule has 0 unspecified atom stereocenters. The SMILES string of the molecule is O=c1[nH]cnc2c1ncn2C[C@H](CF)OCCP(=O)(O)O. The second-order valence-corrected chi connectivity index (χ2v) is 6.11. The molecule has 0 saturated heterocycles. The molecular formula is C10H14FN4O5P. The first kappa shape index (κ1) is 15.8. The van der Waals surface area contributed by atoms with Crippen LogP contribution in [0, 0.1) is 0 Å². The normalized spacial score (nSPS) is 13.7. The average molecular weight is 320 g/mol. The van der Waals surface area contributed by atoms with Crippen molar-refractivity contribution in [2.75, 3.05) is 19.4 Å². The molecular weight excluding hydrogens is 306 g/mol. The van der Waals surface area contributed by atoms with Crippen LogP contribution in [0.5, 0.6) is 0 Å². The highest BCUT2D eigenvalue weighted by molar-refractivity contribution is 7.51. The van der Waals surface area contributed by atoms with Crippen molar-refractivity contribution in [3.63, 3.8) is 0 Å². The van der Waals surface area contributed by atoms with Gasteiger partial charge < -0.3 is 24.1 Å². The van der Waals surface area contributed by atoms with Gasteiger partial charge in [-0.2, -0.15) is 0 Å². The molecule has 0 aromatic carbocycles. The molecule has 0 spiro atoms. The number of aromatic amines is 1. The van der Waals surface area contributed by atoms with Crippen LogP contribution in [0.25, 0.3) is 11.2 Å². The summed E-state index contributed by atoms with van der Waals surface area (Å²) in [4.78, 5) is 39.1. The van der Waals surface area contributed by atoms with Crippen molar-refractivity contribution in [3.05, 3.63) is 23.0 Å². The van der Waals surface area contributed by atoms with E-state index in [1.165, 1.54) is 17.2 Å². The molecule has 0 fully saturated rings. The number of aromatic nitrogens is 4. The minimum atomic E-state index is -4.17. The van der Waals surface area contributed by atoms with Crippen molar-refractivity contribution < 1.29 is 23.5 Å². The van der Waals surface area contributed by atoms with Gasteiger partial charge in [0.1, 0.15) is 12.8 Å². The summed E-state index contributed by atoms with van der Waals surface area (Å²) in [6, 6.07) is 0. The van der Waals surface area contributed by atoms with Crippen molar-refractivity contribution in [2.45, 2.75) is 12.6 Å². The maximum absolute atomic E-state index is 12.9. The van der Waals surface area contributed by atoms with E-state index in [1.807, 2.05) is 0 Å². The Balaban J connectivity index is 2.05. The van der Waals surface area contributed by atoms with Crippen LogP contribution in [0.4, 0.5) is 4.39 Å². The third-order valence-electron chi connectivity index (χ3n) is 2.72. The highest BCUT2D eigenvalue weighted by atomic mass is 31.2. The lowest BCUT2D eigenvalue weighted by atomic mass is 10.4. The predicted molar refractivity (Wildman–Crippen MR) is 70.8 cm³/mol. The summed E-state index contributed by atoms with van der Waals surface area (Å²) >= 11 is 0. The number of rotatable bonds is 7. The molecule has 2 heterocycles. The third kappa shape index (κ3) is 4.18. The number of imidazole rings is 1. The van der Waals surface area contributed by atoms with Gasteiger partial charge in [0, 0.05) is 0 Å². The number of nitrogens with zero attached hydrogens (tertiary/aromatic N) is 3. The molecule has 0 aliphatic heterocycles. The van der Waals surface area contributed by atoms with Crippen molar-refractivity contribution in [1.82, 2.24) is 19.5 Å². The molecule has 116 valence electrons. The lowest BCUT2D eigenvalue weighted by molar-refractivity contribution is 0.0331. The Morgan fingerprint density at radius 1 is 1.48 bits per heavy atom. The van der Waals surface area contributed by atoms with Gasteiger partial charge in [0.15, 0.2) is 11.2 Å². The van der Waals surface area contributed by atoms with E-state index in [1.54, 1.807) is 0 Å². The van der Waals surface area contributed by atoms with E-state index in [0.29, 0.717) is 0 Å². The van der Waals surface area contributed by atoms with E-state index in [4.69, 9.17) is 14.5 Å². The Labute approximate surface area is 118 Å². The molecule has 0 aliphatic carbocycles. The van der Waals surface area contributed by atoms with Crippen LogP contribution in [0.1, 0.15) is 0 Å². The van der Waals surface area contributed by atoms with Crippen molar-refractivity contribution in [2.24, 2.45) is 0 Å². The number of alkyl halides is 1. The third-order valence-corrected chi connectivity index (χ3v) is 3.48. The minimum absolute atomic E-state index is 0.0324. The Bertz CT molecular complexity index is 711. The Morgan fingerprint density at radius 3 is 2.90 bits per heavy atom. The van der Waals surface area contributed by atoms with Crippen LogP contribution in [0.3, 0.4) is 0 Å². The Kier molecular flexibility index (Phi) is 4.84. The molecule has 11 heteroatoms. The molecule has 2 aromatic heterocycles. The molecule has 0 saturated carbocycles. The second-order valence-electron chi connectivity index (χ2n) is 4.34. The quantitative estimate of drug-likeness (QED) is 0.594. The van der Waals surface area contributed by atoms with Gasteiger partial charge in [-0.1, -0.05) is 0 Å². The molecule has 9 nitrogen and oxygen atoms in total. The van der Waals surface area contributed by atoms with Crippen LogP contribution in [-0.4, -0.2) is 54.9 Å². The fraction of sp³-hybridized carbons (Fsp3) is 0.500. The largest absolute Gasteiger partial charge is 0.373 e. The van der Waals surface area contributed by atoms with E-state index >= 15 is 0 Å². The highest BCUT2D eigenvalue weighted by Crippen LogP contribution is 2.33. The lowest BCUT2D eigenvalue weighted by Gasteiger charge is -2.15. The summed E-state index contributed by atoms with van der Waals surface area (Å²) in [6.45, 7) is -1.08. The number of halogens is 1. The predicted octanol–water partition coefficient (Wildman–Crippen LogP) is -0.348. The van der Waals surface area contributed by atoms with Crippen LogP contribution in [0.2, 0.25) is 0 Å². The maximum atomic E-state index is 12.9. The number of ether oxygens (including phenoxy) is 1. The number of H-pyrrole nitrogens is 1. The van der Waals surface area contributed by atoms with Gasteiger partial charge in [0.25, 0.3) is 5.56 Å². The standard InChI is InChI=1S/C10H14FN4O5P/c11-3-7(20-1-2-21(17,18)19)4-15-6-14-8-9(15)12-5-13-10(8)16/h5-7H,1-4H2,(H,12,13,16)(H2,17,18,19)/t7-/m0/s1. The van der Waals surface area contributed by atoms with Crippen molar-refractivity contribution in [1.29, 1.82) is 0 Å². The summed E-state index contributed by atoms with van der Waals surface area (Å²) in [7, 11) is -4.17. The molecule has 3 N–H and O–H groups in total. The zero-order valence-corrected chi connectivity index (χ0v) is 11.7. The molecule has 2 aromatic rings. The number of hydrogen-bond donors (Lipinski definition) is 3. The second kappa shape index (κ2) is 6.44. The zero-order chi connectivity index (χ0) is 15.5. The molecule has 2 rings (SSSR count). The molecule has 0 bridgehead atoms. The van der Waals surface area contributed by atoms with Gasteiger partial charge in [0.2, 0.25) is 0 Å². The van der Waals surface area contributed by atoms with Crippen LogP contribution >= 0.6 is 7.60 Å². The van der Waals surface area contributed by atoms with Gasteiger partial charge >= 0.3 is 7.60 Å².